The second-order valence-electron chi connectivity index (χ2n) is 8.26. The van der Waals surface area contributed by atoms with Crippen molar-refractivity contribution in [1.29, 1.82) is 0 Å². The van der Waals surface area contributed by atoms with E-state index in [2.05, 4.69) is 44.7 Å². The Hall–Kier alpha value is -1.60. The average Bonchev–Trinajstić information content (AvgIpc) is 3.25. The van der Waals surface area contributed by atoms with Gasteiger partial charge in [0.25, 0.3) is 0 Å². The summed E-state index contributed by atoms with van der Waals surface area (Å²) in [6.07, 6.45) is 9.58. The van der Waals surface area contributed by atoms with E-state index in [4.69, 9.17) is 9.73 Å². The normalized spacial score (nSPS) is 25.2. The molecular weight excluding hydrogens is 352 g/mol. The van der Waals surface area contributed by atoms with Crippen LogP contribution in [0.1, 0.15) is 39.2 Å². The van der Waals surface area contributed by atoms with E-state index in [1.165, 1.54) is 32.4 Å². The molecule has 0 radical (unpaired) electrons. The zero-order valence-electron chi connectivity index (χ0n) is 17.9. The van der Waals surface area contributed by atoms with Gasteiger partial charge < -0.3 is 24.4 Å². The summed E-state index contributed by atoms with van der Waals surface area (Å²) in [4.78, 5) is 14.3. The van der Waals surface area contributed by atoms with E-state index < -0.39 is 0 Å². The van der Waals surface area contributed by atoms with Crippen LogP contribution in [0.4, 0.5) is 0 Å². The number of piperidine rings is 2. The van der Waals surface area contributed by atoms with Gasteiger partial charge in [-0.15, -0.1) is 0 Å². The fourth-order valence-electron chi connectivity index (χ4n) is 4.35. The van der Waals surface area contributed by atoms with E-state index in [-0.39, 0.29) is 0 Å². The van der Waals surface area contributed by atoms with E-state index in [1.807, 2.05) is 12.5 Å². The van der Waals surface area contributed by atoms with Crippen LogP contribution >= 0.6 is 0 Å². The lowest BCUT2D eigenvalue weighted by Gasteiger charge is -2.39. The van der Waals surface area contributed by atoms with Gasteiger partial charge in [0.1, 0.15) is 0 Å². The van der Waals surface area contributed by atoms with Gasteiger partial charge in [0.05, 0.1) is 19.0 Å². The van der Waals surface area contributed by atoms with Gasteiger partial charge in [0.2, 0.25) is 0 Å². The molecule has 2 unspecified atom stereocenters. The van der Waals surface area contributed by atoms with Gasteiger partial charge in [-0.1, -0.05) is 6.92 Å². The number of imidazole rings is 1. The van der Waals surface area contributed by atoms with Gasteiger partial charge in [-0.25, -0.2) is 4.98 Å². The molecule has 0 bridgehead atoms. The van der Waals surface area contributed by atoms with Crippen LogP contribution in [0.2, 0.25) is 0 Å². The Labute approximate surface area is 170 Å². The summed E-state index contributed by atoms with van der Waals surface area (Å²) in [7, 11) is 1.78. The van der Waals surface area contributed by atoms with Crippen molar-refractivity contribution in [2.24, 2.45) is 16.8 Å². The topological polar surface area (TPSA) is 57.9 Å². The second kappa shape index (κ2) is 10.8. The molecule has 1 N–H and O–H groups in total. The van der Waals surface area contributed by atoms with E-state index in [9.17, 15) is 0 Å². The van der Waals surface area contributed by atoms with Crippen molar-refractivity contribution in [3.05, 3.63) is 18.7 Å². The maximum Gasteiger partial charge on any atom is 0.193 e. The summed E-state index contributed by atoms with van der Waals surface area (Å²) in [6.45, 7) is 12.7. The summed E-state index contributed by atoms with van der Waals surface area (Å²) in [5, 5.41) is 3.53. The van der Waals surface area contributed by atoms with Crippen LogP contribution in [0.15, 0.2) is 23.7 Å². The van der Waals surface area contributed by atoms with Gasteiger partial charge in [-0.2, -0.15) is 0 Å². The van der Waals surface area contributed by atoms with Crippen molar-refractivity contribution in [2.45, 2.75) is 39.2 Å². The SMILES string of the molecule is CCNC(=NCC1CCN(CCOC)CC1)N1CCC(C)C(n2ccnc2)C1. The van der Waals surface area contributed by atoms with Gasteiger partial charge in [-0.05, 0) is 51.1 Å². The highest BCUT2D eigenvalue weighted by Gasteiger charge is 2.29. The molecule has 1 aromatic rings. The number of aliphatic imine (C=N–C) groups is 1. The second-order valence-corrected chi connectivity index (χ2v) is 8.26. The van der Waals surface area contributed by atoms with Crippen molar-refractivity contribution in [3.8, 4) is 0 Å². The van der Waals surface area contributed by atoms with Crippen molar-refractivity contribution in [1.82, 2.24) is 24.7 Å². The molecule has 2 saturated heterocycles. The maximum atomic E-state index is 5.20. The number of nitrogens with zero attached hydrogens (tertiary/aromatic N) is 5. The Kier molecular flexibility index (Phi) is 8.15. The average molecular weight is 391 g/mol. The Morgan fingerprint density at radius 3 is 2.75 bits per heavy atom. The molecule has 0 saturated carbocycles. The molecule has 7 nitrogen and oxygen atoms in total. The molecular formula is C21H38N6O. The number of aromatic nitrogens is 2. The molecule has 2 atom stereocenters. The summed E-state index contributed by atoms with van der Waals surface area (Å²) in [5.41, 5.74) is 0. The smallest absolute Gasteiger partial charge is 0.193 e. The number of hydrogen-bond acceptors (Lipinski definition) is 4. The Morgan fingerprint density at radius 1 is 1.25 bits per heavy atom. The fourth-order valence-corrected chi connectivity index (χ4v) is 4.35. The molecule has 2 aliphatic rings. The summed E-state index contributed by atoms with van der Waals surface area (Å²) < 4.78 is 7.46. The summed E-state index contributed by atoms with van der Waals surface area (Å²) in [6, 6.07) is 0.462. The highest BCUT2D eigenvalue weighted by atomic mass is 16.5. The molecule has 3 heterocycles. The van der Waals surface area contributed by atoms with Crippen molar-refractivity contribution in [3.63, 3.8) is 0 Å². The van der Waals surface area contributed by atoms with Crippen molar-refractivity contribution in [2.75, 3.05) is 59.5 Å². The minimum atomic E-state index is 0.462. The number of guanidine groups is 1. The Bertz CT molecular complexity index is 582. The van der Waals surface area contributed by atoms with Crippen molar-refractivity contribution < 1.29 is 4.74 Å². The van der Waals surface area contributed by atoms with Crippen LogP contribution in [-0.2, 0) is 4.74 Å². The molecule has 28 heavy (non-hydrogen) atoms. The first-order chi connectivity index (χ1) is 13.7. The molecule has 1 aromatic heterocycles. The lowest BCUT2D eigenvalue weighted by Crippen LogP contribution is -2.49. The molecule has 158 valence electrons. The van der Waals surface area contributed by atoms with E-state index in [0.717, 1.165) is 45.3 Å². The maximum absolute atomic E-state index is 5.20. The summed E-state index contributed by atoms with van der Waals surface area (Å²) in [5.74, 6) is 2.44. The number of nitrogens with one attached hydrogen (secondary N) is 1. The minimum Gasteiger partial charge on any atom is -0.383 e. The predicted molar refractivity (Wildman–Crippen MR) is 114 cm³/mol. The van der Waals surface area contributed by atoms with Crippen LogP contribution in [0, 0.1) is 11.8 Å². The van der Waals surface area contributed by atoms with E-state index in [1.54, 1.807) is 7.11 Å². The number of likely N-dealkylation sites (tertiary alicyclic amines) is 2. The molecule has 3 rings (SSSR count). The third-order valence-corrected chi connectivity index (χ3v) is 6.28. The largest absolute Gasteiger partial charge is 0.383 e. The zero-order chi connectivity index (χ0) is 19.8. The molecule has 2 aliphatic heterocycles. The Morgan fingerprint density at radius 2 is 2.07 bits per heavy atom. The molecule has 2 fully saturated rings. The molecule has 7 heteroatoms. The van der Waals surface area contributed by atoms with Crippen LogP contribution in [0.3, 0.4) is 0 Å². The minimum absolute atomic E-state index is 0.462. The lowest BCUT2D eigenvalue weighted by atomic mass is 9.93. The molecule has 0 aliphatic carbocycles. The first-order valence-electron chi connectivity index (χ1n) is 10.9. The molecule has 0 spiro atoms. The number of methoxy groups -OCH3 is 1. The summed E-state index contributed by atoms with van der Waals surface area (Å²) >= 11 is 0. The third kappa shape index (κ3) is 5.70. The van der Waals surface area contributed by atoms with E-state index in [0.29, 0.717) is 17.9 Å². The highest BCUT2D eigenvalue weighted by molar-refractivity contribution is 5.80. The number of ether oxygens (including phenoxy) is 1. The third-order valence-electron chi connectivity index (χ3n) is 6.28. The quantitative estimate of drug-likeness (QED) is 0.571. The molecule has 0 aromatic carbocycles. The zero-order valence-corrected chi connectivity index (χ0v) is 17.9. The van der Waals surface area contributed by atoms with Crippen LogP contribution in [0.25, 0.3) is 0 Å². The lowest BCUT2D eigenvalue weighted by molar-refractivity contribution is 0.121. The van der Waals surface area contributed by atoms with Gasteiger partial charge >= 0.3 is 0 Å². The van der Waals surface area contributed by atoms with Gasteiger partial charge in [-0.3, -0.25) is 4.99 Å². The first-order valence-corrected chi connectivity index (χ1v) is 10.9. The number of rotatable bonds is 7. The van der Waals surface area contributed by atoms with Crippen LogP contribution in [-0.4, -0.2) is 84.8 Å². The van der Waals surface area contributed by atoms with Crippen LogP contribution < -0.4 is 5.32 Å². The van der Waals surface area contributed by atoms with Gasteiger partial charge in [0.15, 0.2) is 5.96 Å². The van der Waals surface area contributed by atoms with Crippen LogP contribution in [0.5, 0.6) is 0 Å². The number of hydrogen-bond donors (Lipinski definition) is 1. The first kappa shape index (κ1) is 21.1. The Balaban J connectivity index is 1.55. The van der Waals surface area contributed by atoms with Crippen molar-refractivity contribution >= 4 is 5.96 Å². The van der Waals surface area contributed by atoms with Gasteiger partial charge in [0, 0.05) is 52.2 Å². The molecule has 0 amide bonds. The highest BCUT2D eigenvalue weighted by Crippen LogP contribution is 2.27. The monoisotopic (exact) mass is 390 g/mol. The fraction of sp³-hybridized carbons (Fsp3) is 0.810. The van der Waals surface area contributed by atoms with E-state index >= 15 is 0 Å². The predicted octanol–water partition coefficient (Wildman–Crippen LogP) is 2.09. The standard InChI is InChI=1S/C21H38N6O/c1-4-23-21(24-15-19-6-9-25(10-7-19)13-14-28-3)26-11-5-18(2)20(16-26)27-12-8-22-17-27/h8,12,17-20H,4-7,9-11,13-16H2,1-3H3,(H,23,24).